The Bertz CT molecular complexity index is 1090. The summed E-state index contributed by atoms with van der Waals surface area (Å²) in [5, 5.41) is 12.4. The predicted octanol–water partition coefficient (Wildman–Crippen LogP) is 6.24. The maximum atomic E-state index is 14.4. The lowest BCUT2D eigenvalue weighted by molar-refractivity contribution is -0.151. The molecule has 0 spiro atoms. The van der Waals surface area contributed by atoms with E-state index in [-0.39, 0.29) is 12.5 Å². The van der Waals surface area contributed by atoms with Gasteiger partial charge in [-0.2, -0.15) is 13.2 Å². The largest absolute Gasteiger partial charge is 0.481 e. The summed E-state index contributed by atoms with van der Waals surface area (Å²) in [6.45, 7) is 0.525. The predicted molar refractivity (Wildman–Crippen MR) is 123 cm³/mol. The number of hydrogen-bond donors (Lipinski definition) is 2. The lowest BCUT2D eigenvalue weighted by atomic mass is 9.68. The van der Waals surface area contributed by atoms with Gasteiger partial charge in [0.05, 0.1) is 29.2 Å². The summed E-state index contributed by atoms with van der Waals surface area (Å²) >= 11 is 3.36. The number of anilines is 1. The number of carbonyl (C=O) groups is 2. The highest BCUT2D eigenvalue weighted by Crippen LogP contribution is 2.44. The maximum absolute atomic E-state index is 14.4. The van der Waals surface area contributed by atoms with E-state index in [0.717, 1.165) is 28.9 Å². The van der Waals surface area contributed by atoms with Crippen LogP contribution in [0.2, 0.25) is 0 Å². The Morgan fingerprint density at radius 1 is 1.09 bits per heavy atom. The number of hydrogen-bond acceptors (Lipinski definition) is 3. The van der Waals surface area contributed by atoms with Crippen LogP contribution in [-0.2, 0) is 20.5 Å². The molecule has 35 heavy (non-hydrogen) atoms. The molecule has 1 amide bonds. The highest BCUT2D eigenvalue weighted by Gasteiger charge is 2.47. The van der Waals surface area contributed by atoms with E-state index >= 15 is 0 Å². The number of aliphatic carboxylic acids is 1. The van der Waals surface area contributed by atoms with Gasteiger partial charge >= 0.3 is 12.1 Å². The number of ether oxygens (including phenoxy) is 1. The minimum Gasteiger partial charge on any atom is -0.481 e. The topological polar surface area (TPSA) is 75.6 Å². The van der Waals surface area contributed by atoms with Crippen LogP contribution in [0.5, 0.6) is 0 Å². The lowest BCUT2D eigenvalue weighted by Crippen LogP contribution is -2.45. The summed E-state index contributed by atoms with van der Waals surface area (Å²) in [5.41, 5.74) is -0.884. The minimum atomic E-state index is -4.73. The van der Waals surface area contributed by atoms with Gasteiger partial charge in [0.25, 0.3) is 0 Å². The van der Waals surface area contributed by atoms with E-state index in [9.17, 15) is 32.3 Å². The molecule has 2 aliphatic carbocycles. The lowest BCUT2D eigenvalue weighted by Gasteiger charge is -2.39. The summed E-state index contributed by atoms with van der Waals surface area (Å²) in [6, 6.07) is 8.96. The van der Waals surface area contributed by atoms with Gasteiger partial charge < -0.3 is 15.2 Å². The van der Waals surface area contributed by atoms with Gasteiger partial charge in [-0.15, -0.1) is 0 Å². The number of rotatable bonds is 7. The fraction of sp³-hybridized carbons (Fsp3) is 0.440. The molecule has 2 N–H and O–H groups in total. The summed E-state index contributed by atoms with van der Waals surface area (Å²) in [4.78, 5) is 25.6. The first kappa shape index (κ1) is 25.6. The van der Waals surface area contributed by atoms with E-state index in [1.807, 2.05) is 0 Å². The van der Waals surface area contributed by atoms with Crippen molar-refractivity contribution in [1.29, 1.82) is 0 Å². The molecule has 0 aromatic heterocycles. The first-order valence-corrected chi connectivity index (χ1v) is 12.1. The second-order valence-corrected chi connectivity index (χ2v) is 10.1. The molecule has 2 aromatic carbocycles. The van der Waals surface area contributed by atoms with Gasteiger partial charge in [-0.3, -0.25) is 9.59 Å². The molecule has 0 aliphatic heterocycles. The third-order valence-corrected chi connectivity index (χ3v) is 7.17. The first-order valence-electron chi connectivity index (χ1n) is 11.3. The normalized spacial score (nSPS) is 24.7. The molecule has 2 aromatic rings. The minimum absolute atomic E-state index is 0.116. The Hall–Kier alpha value is -2.46. The van der Waals surface area contributed by atoms with Crippen LogP contribution in [0.1, 0.15) is 42.7 Å². The fourth-order valence-electron chi connectivity index (χ4n) is 4.62. The molecule has 10 heteroatoms. The van der Waals surface area contributed by atoms with Crippen molar-refractivity contribution < 1.29 is 37.0 Å². The average Bonchev–Trinajstić information content (AvgIpc) is 3.62. The Morgan fingerprint density at radius 3 is 2.34 bits per heavy atom. The number of amides is 1. The van der Waals surface area contributed by atoms with Gasteiger partial charge in [-0.05, 0) is 67.5 Å². The number of carboxylic acids is 1. The molecule has 0 saturated heterocycles. The smallest absolute Gasteiger partial charge is 0.416 e. The summed E-state index contributed by atoms with van der Waals surface area (Å²) in [5.74, 6) is -5.44. The van der Waals surface area contributed by atoms with Crippen molar-refractivity contribution in [1.82, 2.24) is 0 Å². The van der Waals surface area contributed by atoms with E-state index in [1.165, 1.54) is 0 Å². The van der Waals surface area contributed by atoms with Crippen LogP contribution in [0, 0.1) is 23.6 Å². The van der Waals surface area contributed by atoms with Gasteiger partial charge in [0.2, 0.25) is 5.91 Å². The monoisotopic (exact) mass is 557 g/mol. The van der Waals surface area contributed by atoms with Crippen molar-refractivity contribution in [3.8, 4) is 0 Å². The first-order chi connectivity index (χ1) is 16.5. The Labute approximate surface area is 208 Å². The van der Waals surface area contributed by atoms with Crippen LogP contribution in [-0.4, -0.2) is 29.7 Å². The molecule has 188 valence electrons. The van der Waals surface area contributed by atoms with Crippen molar-refractivity contribution in [3.05, 3.63) is 63.9 Å². The van der Waals surface area contributed by atoms with Crippen molar-refractivity contribution >= 4 is 33.5 Å². The molecule has 4 rings (SSSR count). The number of alkyl halides is 3. The van der Waals surface area contributed by atoms with E-state index < -0.39 is 52.9 Å². The number of carboxylic acid groups (broad SMARTS) is 1. The highest BCUT2D eigenvalue weighted by molar-refractivity contribution is 9.10. The number of carbonyl (C=O) groups excluding carboxylic acids is 1. The number of benzene rings is 2. The molecule has 0 radical (unpaired) electrons. The van der Waals surface area contributed by atoms with Crippen LogP contribution in [0.25, 0.3) is 0 Å². The molecule has 0 heterocycles. The Balaban J connectivity index is 1.60. The van der Waals surface area contributed by atoms with E-state index in [4.69, 9.17) is 4.74 Å². The van der Waals surface area contributed by atoms with Crippen molar-refractivity contribution in [2.75, 3.05) is 11.9 Å². The highest BCUT2D eigenvalue weighted by atomic mass is 79.9. The number of nitrogens with one attached hydrogen (secondary N) is 1. The van der Waals surface area contributed by atoms with Crippen LogP contribution in [0.15, 0.2) is 46.9 Å². The van der Waals surface area contributed by atoms with Crippen molar-refractivity contribution in [2.24, 2.45) is 17.8 Å². The van der Waals surface area contributed by atoms with Crippen molar-refractivity contribution in [2.45, 2.75) is 43.9 Å². The third-order valence-electron chi connectivity index (χ3n) is 6.64. The molecule has 0 bridgehead atoms. The Kier molecular flexibility index (Phi) is 7.51. The second kappa shape index (κ2) is 10.3. The molecule has 2 saturated carbocycles. The molecule has 5 nitrogen and oxygen atoms in total. The quantitative estimate of drug-likeness (QED) is 0.395. The van der Waals surface area contributed by atoms with Gasteiger partial charge in [-0.1, -0.05) is 28.1 Å². The average molecular weight is 558 g/mol. The zero-order valence-corrected chi connectivity index (χ0v) is 20.1. The molecular weight excluding hydrogens is 534 g/mol. The molecule has 2 aliphatic rings. The summed E-state index contributed by atoms with van der Waals surface area (Å²) in [6.07, 6.45) is -2.46. The zero-order valence-electron chi connectivity index (χ0n) is 18.5. The van der Waals surface area contributed by atoms with Crippen LogP contribution >= 0.6 is 15.9 Å². The molecule has 0 unspecified atom stereocenters. The molecule has 2 fully saturated rings. The van der Waals surface area contributed by atoms with E-state index in [1.54, 1.807) is 24.3 Å². The van der Waals surface area contributed by atoms with Crippen LogP contribution < -0.4 is 5.32 Å². The van der Waals surface area contributed by atoms with Gasteiger partial charge in [0.1, 0.15) is 5.82 Å². The summed E-state index contributed by atoms with van der Waals surface area (Å²) in [7, 11) is 0. The van der Waals surface area contributed by atoms with Gasteiger partial charge in [-0.25, -0.2) is 4.39 Å². The Morgan fingerprint density at radius 2 is 1.77 bits per heavy atom. The van der Waals surface area contributed by atoms with Crippen molar-refractivity contribution in [3.63, 3.8) is 0 Å². The summed E-state index contributed by atoms with van der Waals surface area (Å²) < 4.78 is 59.8. The molecule has 4 atom stereocenters. The number of halogens is 5. The van der Waals surface area contributed by atoms with Crippen LogP contribution in [0.3, 0.4) is 0 Å². The van der Waals surface area contributed by atoms with Gasteiger partial charge in [0.15, 0.2) is 0 Å². The zero-order chi connectivity index (χ0) is 25.3. The van der Waals surface area contributed by atoms with Crippen LogP contribution in [0.4, 0.5) is 23.2 Å². The van der Waals surface area contributed by atoms with E-state index in [0.29, 0.717) is 31.1 Å². The SMILES string of the molecule is O=C(O)[C@@H]1[C@@H](c2ccc(Br)cc2)C[C@@H](OCC2CC2)C[C@H]1C(=O)Nc1ccc(C(F)(F)F)cc1F. The fourth-order valence-corrected chi connectivity index (χ4v) is 4.88. The van der Waals surface area contributed by atoms with E-state index in [2.05, 4.69) is 21.2 Å². The molecular formula is C25H24BrF4NO4. The standard InChI is InChI=1S/C25H24BrF4NO4/c26-16-6-3-14(4-7-16)18-10-17(35-12-13-1-2-13)11-19(22(18)24(33)34)23(32)31-21-8-5-15(9-20(21)27)25(28,29)30/h3-9,13,17-19,22H,1-2,10-12H2,(H,31,32)(H,33,34)/t17-,18-,19-,22-/m1/s1. The maximum Gasteiger partial charge on any atom is 0.416 e. The third kappa shape index (κ3) is 6.22. The second-order valence-electron chi connectivity index (χ2n) is 9.18. The van der Waals surface area contributed by atoms with Gasteiger partial charge in [0, 0.05) is 17.0 Å².